The molecule has 0 N–H and O–H groups in total. The second-order valence-corrected chi connectivity index (χ2v) is 9.99. The number of rotatable bonds is 5. The van der Waals surface area contributed by atoms with Gasteiger partial charge in [0.05, 0.1) is 17.5 Å². The Morgan fingerprint density at radius 1 is 1.12 bits per heavy atom. The zero-order chi connectivity index (χ0) is 18.3. The van der Waals surface area contributed by atoms with E-state index in [4.69, 9.17) is 4.74 Å². The predicted molar refractivity (Wildman–Crippen MR) is 98.9 cm³/mol. The zero-order valence-corrected chi connectivity index (χ0v) is 16.0. The van der Waals surface area contributed by atoms with Gasteiger partial charge in [-0.1, -0.05) is 17.7 Å². The van der Waals surface area contributed by atoms with E-state index in [1.165, 1.54) is 12.8 Å². The minimum absolute atomic E-state index is 0.0467. The number of amides is 1. The van der Waals surface area contributed by atoms with Gasteiger partial charge < -0.3 is 9.64 Å². The van der Waals surface area contributed by atoms with Crippen molar-refractivity contribution in [3.05, 3.63) is 29.8 Å². The minimum Gasteiger partial charge on any atom is -0.484 e. The molecule has 0 radical (unpaired) electrons. The third-order valence-corrected chi connectivity index (χ3v) is 7.38. The van der Waals surface area contributed by atoms with Crippen LogP contribution in [0.1, 0.15) is 18.4 Å². The number of carbonyl (C=O) groups is 1. The molecule has 1 saturated carbocycles. The van der Waals surface area contributed by atoms with Crippen LogP contribution in [0.4, 0.5) is 0 Å². The molecule has 2 heterocycles. The fraction of sp³-hybridized carbons (Fsp3) is 0.632. The first kappa shape index (κ1) is 17.8. The highest BCUT2D eigenvalue weighted by Gasteiger charge is 2.48. The summed E-state index contributed by atoms with van der Waals surface area (Å²) in [4.78, 5) is 16.8. The van der Waals surface area contributed by atoms with Crippen molar-refractivity contribution in [3.63, 3.8) is 0 Å². The van der Waals surface area contributed by atoms with Crippen molar-refractivity contribution in [2.45, 2.75) is 31.8 Å². The van der Waals surface area contributed by atoms with Gasteiger partial charge in [0.1, 0.15) is 5.75 Å². The van der Waals surface area contributed by atoms with Crippen molar-refractivity contribution in [2.75, 3.05) is 37.7 Å². The lowest BCUT2D eigenvalue weighted by molar-refractivity contribution is -0.139. The van der Waals surface area contributed by atoms with Crippen LogP contribution in [0, 0.1) is 12.8 Å². The summed E-state index contributed by atoms with van der Waals surface area (Å²) < 4.78 is 30.1. The number of ether oxygens (including phenoxy) is 1. The molecule has 4 rings (SSSR count). The van der Waals surface area contributed by atoms with Gasteiger partial charge >= 0.3 is 0 Å². The average Bonchev–Trinajstić information content (AvgIpc) is 3.34. The van der Waals surface area contributed by atoms with Crippen LogP contribution in [-0.4, -0.2) is 74.0 Å². The first-order valence-electron chi connectivity index (χ1n) is 9.35. The zero-order valence-electron chi connectivity index (χ0n) is 15.1. The lowest BCUT2D eigenvalue weighted by Gasteiger charge is -2.44. The van der Waals surface area contributed by atoms with E-state index in [1.54, 1.807) is 4.90 Å². The molecule has 1 amide bonds. The minimum atomic E-state index is -3.09. The fourth-order valence-corrected chi connectivity index (χ4v) is 6.07. The van der Waals surface area contributed by atoms with Crippen LogP contribution in [0.3, 0.4) is 0 Å². The second kappa shape index (κ2) is 6.85. The third kappa shape index (κ3) is 3.88. The summed E-state index contributed by atoms with van der Waals surface area (Å²) in [6.07, 6.45) is 2.49. The van der Waals surface area contributed by atoms with Crippen molar-refractivity contribution in [2.24, 2.45) is 5.92 Å². The van der Waals surface area contributed by atoms with E-state index in [1.807, 2.05) is 31.2 Å². The van der Waals surface area contributed by atoms with Gasteiger partial charge in [-0.2, -0.15) is 0 Å². The first-order chi connectivity index (χ1) is 12.4. The lowest BCUT2D eigenvalue weighted by atomic mass is 10.0. The number of sulfone groups is 1. The largest absolute Gasteiger partial charge is 0.484 e. The molecule has 7 heteroatoms. The summed E-state index contributed by atoms with van der Waals surface area (Å²) in [5, 5.41) is 0. The number of hydrogen-bond donors (Lipinski definition) is 0. The van der Waals surface area contributed by atoms with Crippen molar-refractivity contribution >= 4 is 15.7 Å². The van der Waals surface area contributed by atoms with Crippen LogP contribution in [0.25, 0.3) is 0 Å². The Bertz CT molecular complexity index is 773. The van der Waals surface area contributed by atoms with Gasteiger partial charge in [0.25, 0.3) is 5.91 Å². The van der Waals surface area contributed by atoms with Gasteiger partial charge in [0, 0.05) is 25.7 Å². The van der Waals surface area contributed by atoms with Gasteiger partial charge in [-0.05, 0) is 37.8 Å². The molecule has 2 atom stereocenters. The summed E-state index contributed by atoms with van der Waals surface area (Å²) in [7, 11) is -3.09. The van der Waals surface area contributed by atoms with Gasteiger partial charge in [0.2, 0.25) is 0 Å². The molecule has 0 aromatic heterocycles. The van der Waals surface area contributed by atoms with Crippen LogP contribution in [0.2, 0.25) is 0 Å². The predicted octanol–water partition coefficient (Wildman–Crippen LogP) is 1.09. The number of hydrogen-bond acceptors (Lipinski definition) is 5. The van der Waals surface area contributed by atoms with Gasteiger partial charge in [-0.3, -0.25) is 9.69 Å². The quantitative estimate of drug-likeness (QED) is 0.767. The highest BCUT2D eigenvalue weighted by molar-refractivity contribution is 7.91. The van der Waals surface area contributed by atoms with Crippen molar-refractivity contribution in [3.8, 4) is 5.75 Å². The molecule has 0 spiro atoms. The monoisotopic (exact) mass is 378 g/mol. The molecule has 0 unspecified atom stereocenters. The molecule has 2 saturated heterocycles. The number of benzene rings is 1. The Balaban J connectivity index is 1.42. The highest BCUT2D eigenvalue weighted by Crippen LogP contribution is 2.34. The van der Waals surface area contributed by atoms with E-state index in [9.17, 15) is 13.2 Å². The van der Waals surface area contributed by atoms with E-state index in [-0.39, 0.29) is 36.1 Å². The lowest BCUT2D eigenvalue weighted by Crippen LogP contribution is -2.61. The highest BCUT2D eigenvalue weighted by atomic mass is 32.2. The van der Waals surface area contributed by atoms with E-state index in [2.05, 4.69) is 4.90 Å². The van der Waals surface area contributed by atoms with Crippen LogP contribution in [0.5, 0.6) is 5.75 Å². The number of carbonyl (C=O) groups excluding carboxylic acids is 1. The Morgan fingerprint density at radius 2 is 1.81 bits per heavy atom. The topological polar surface area (TPSA) is 66.9 Å². The van der Waals surface area contributed by atoms with Crippen LogP contribution in [-0.2, 0) is 14.6 Å². The van der Waals surface area contributed by atoms with Gasteiger partial charge in [-0.25, -0.2) is 8.42 Å². The average molecular weight is 378 g/mol. The van der Waals surface area contributed by atoms with E-state index in [0.717, 1.165) is 18.7 Å². The van der Waals surface area contributed by atoms with E-state index in [0.29, 0.717) is 18.2 Å². The van der Waals surface area contributed by atoms with E-state index >= 15 is 0 Å². The van der Waals surface area contributed by atoms with Crippen LogP contribution < -0.4 is 4.74 Å². The molecule has 6 nitrogen and oxygen atoms in total. The molecule has 142 valence electrons. The van der Waals surface area contributed by atoms with Crippen molar-refractivity contribution in [1.29, 1.82) is 0 Å². The molecular weight excluding hydrogens is 352 g/mol. The SMILES string of the molecule is Cc1ccc(OCC(=O)N2CCN(CC3CC3)[C@@H]3CS(=O)(=O)C[C@@H]32)cc1. The summed E-state index contributed by atoms with van der Waals surface area (Å²) in [5.74, 6) is 1.50. The Hall–Kier alpha value is -1.60. The summed E-state index contributed by atoms with van der Waals surface area (Å²) in [5.41, 5.74) is 1.13. The molecule has 1 aromatic rings. The molecule has 3 fully saturated rings. The first-order valence-corrected chi connectivity index (χ1v) is 11.2. The van der Waals surface area contributed by atoms with Crippen LogP contribution in [0.15, 0.2) is 24.3 Å². The summed E-state index contributed by atoms with van der Waals surface area (Å²) >= 11 is 0. The van der Waals surface area contributed by atoms with Gasteiger partial charge in [0.15, 0.2) is 16.4 Å². The maximum Gasteiger partial charge on any atom is 0.260 e. The maximum absolute atomic E-state index is 12.7. The molecule has 2 aliphatic heterocycles. The van der Waals surface area contributed by atoms with Crippen LogP contribution >= 0.6 is 0 Å². The number of aryl methyl sites for hydroxylation is 1. The standard InChI is InChI=1S/C19H26N2O4S/c1-14-2-6-16(7-3-14)25-11-19(22)21-9-8-20(10-15-4-5-15)17-12-26(23,24)13-18(17)21/h2-3,6-7,15,17-18H,4-5,8-13H2,1H3/t17-,18+/m1/s1. The summed E-state index contributed by atoms with van der Waals surface area (Å²) in [6, 6.07) is 7.28. The van der Waals surface area contributed by atoms with Crippen molar-refractivity contribution in [1.82, 2.24) is 9.80 Å². The maximum atomic E-state index is 12.7. The third-order valence-electron chi connectivity index (χ3n) is 5.68. The molecule has 3 aliphatic rings. The number of fused-ring (bicyclic) bond motifs is 1. The summed E-state index contributed by atoms with van der Waals surface area (Å²) in [6.45, 7) is 4.26. The van der Waals surface area contributed by atoms with E-state index < -0.39 is 9.84 Å². The second-order valence-electron chi connectivity index (χ2n) is 7.84. The number of nitrogens with zero attached hydrogens (tertiary/aromatic N) is 2. The smallest absolute Gasteiger partial charge is 0.260 e. The Kier molecular flexibility index (Phi) is 4.69. The Morgan fingerprint density at radius 3 is 2.50 bits per heavy atom. The molecular formula is C19H26N2O4S. The van der Waals surface area contributed by atoms with Crippen molar-refractivity contribution < 1.29 is 17.9 Å². The fourth-order valence-electron chi connectivity index (χ4n) is 4.06. The Labute approximate surface area is 155 Å². The molecule has 1 aliphatic carbocycles. The molecule has 0 bridgehead atoms. The van der Waals surface area contributed by atoms with Gasteiger partial charge in [-0.15, -0.1) is 0 Å². The normalized spacial score (nSPS) is 28.0. The molecule has 26 heavy (non-hydrogen) atoms. The number of piperazine rings is 1. The molecule has 1 aromatic carbocycles.